The average Bonchev–Trinajstić information content (AvgIpc) is 3.33. The summed E-state index contributed by atoms with van der Waals surface area (Å²) < 4.78 is 6.48. The minimum absolute atomic E-state index is 0.0829. The predicted octanol–water partition coefficient (Wildman–Crippen LogP) is 4.17. The largest absolute Gasteiger partial charge is 0.426 e. The van der Waals surface area contributed by atoms with E-state index in [0.717, 1.165) is 10.2 Å². The molecule has 0 saturated carbocycles. The first kappa shape index (κ1) is 22.5. The molecular weight excluding hydrogens is 500 g/mol. The van der Waals surface area contributed by atoms with Gasteiger partial charge in [0, 0.05) is 23.1 Å². The zero-order valence-electron chi connectivity index (χ0n) is 18.6. The monoisotopic (exact) mass is 522 g/mol. The lowest BCUT2D eigenvalue weighted by molar-refractivity contribution is -0.139. The SMILES string of the molecule is Cc1cc(OC(=O)[C@@H]2CC(=O)N(c3ccc(Br)cc3)C2)ccc1N1C(=O)[C@H]2CC=CC[C@H]2C1=O. The molecule has 2 aromatic carbocycles. The van der Waals surface area contributed by atoms with Crippen LogP contribution in [0.2, 0.25) is 0 Å². The molecule has 2 aromatic rings. The smallest absolute Gasteiger partial charge is 0.316 e. The molecule has 0 radical (unpaired) electrons. The number of esters is 1. The van der Waals surface area contributed by atoms with Crippen molar-refractivity contribution in [3.05, 3.63) is 64.7 Å². The first-order valence-electron chi connectivity index (χ1n) is 11.2. The predicted molar refractivity (Wildman–Crippen MR) is 129 cm³/mol. The molecule has 2 fully saturated rings. The van der Waals surface area contributed by atoms with Crippen LogP contribution in [0.5, 0.6) is 5.75 Å². The Kier molecular flexibility index (Phi) is 5.85. The number of anilines is 2. The second-order valence-corrected chi connectivity index (χ2v) is 9.83. The van der Waals surface area contributed by atoms with Crippen LogP contribution in [0.4, 0.5) is 11.4 Å². The number of halogens is 1. The van der Waals surface area contributed by atoms with Gasteiger partial charge >= 0.3 is 5.97 Å². The molecule has 8 heteroatoms. The number of aryl methyl sites for hydroxylation is 1. The van der Waals surface area contributed by atoms with Crippen LogP contribution in [0.1, 0.15) is 24.8 Å². The third-order valence-electron chi connectivity index (χ3n) is 6.73. The highest BCUT2D eigenvalue weighted by atomic mass is 79.9. The number of benzene rings is 2. The van der Waals surface area contributed by atoms with Crippen LogP contribution < -0.4 is 14.5 Å². The van der Waals surface area contributed by atoms with Crippen LogP contribution >= 0.6 is 15.9 Å². The van der Waals surface area contributed by atoms with Crippen LogP contribution in [-0.4, -0.2) is 30.2 Å². The summed E-state index contributed by atoms with van der Waals surface area (Å²) in [6.45, 7) is 2.03. The summed E-state index contributed by atoms with van der Waals surface area (Å²) in [6, 6.07) is 12.2. The molecule has 2 heterocycles. The number of allylic oxidation sites excluding steroid dienone is 2. The van der Waals surface area contributed by atoms with Gasteiger partial charge in [0.1, 0.15) is 5.75 Å². The van der Waals surface area contributed by atoms with Crippen LogP contribution in [0.25, 0.3) is 0 Å². The zero-order valence-corrected chi connectivity index (χ0v) is 20.2. The first-order valence-corrected chi connectivity index (χ1v) is 12.0. The maximum atomic E-state index is 12.9. The number of imide groups is 1. The number of carbonyl (C=O) groups is 4. The second-order valence-electron chi connectivity index (χ2n) is 8.92. The Morgan fingerprint density at radius 1 is 0.971 bits per heavy atom. The molecule has 7 nitrogen and oxygen atoms in total. The summed E-state index contributed by atoms with van der Waals surface area (Å²) in [5.74, 6) is -1.82. The molecule has 2 aliphatic heterocycles. The van der Waals surface area contributed by atoms with E-state index in [9.17, 15) is 19.2 Å². The van der Waals surface area contributed by atoms with Crippen LogP contribution in [0.3, 0.4) is 0 Å². The fourth-order valence-electron chi connectivity index (χ4n) is 4.92. The first-order chi connectivity index (χ1) is 16.3. The van der Waals surface area contributed by atoms with Crippen LogP contribution in [0, 0.1) is 24.7 Å². The minimum atomic E-state index is -0.575. The van der Waals surface area contributed by atoms with E-state index in [4.69, 9.17) is 4.74 Å². The maximum absolute atomic E-state index is 12.9. The lowest BCUT2D eigenvalue weighted by Crippen LogP contribution is -2.31. The van der Waals surface area contributed by atoms with Crippen molar-refractivity contribution >= 4 is 51.0 Å². The van der Waals surface area contributed by atoms with E-state index in [1.54, 1.807) is 30.0 Å². The molecule has 1 aliphatic carbocycles. The van der Waals surface area contributed by atoms with E-state index in [0.29, 0.717) is 29.8 Å². The Morgan fingerprint density at radius 3 is 2.24 bits per heavy atom. The zero-order chi connectivity index (χ0) is 24.0. The van der Waals surface area contributed by atoms with Gasteiger partial charge in [-0.25, -0.2) is 4.90 Å². The Hall–Kier alpha value is -3.26. The fraction of sp³-hybridized carbons (Fsp3) is 0.308. The molecule has 3 amide bonds. The van der Waals surface area contributed by atoms with Gasteiger partial charge in [-0.2, -0.15) is 0 Å². The number of rotatable bonds is 4. The van der Waals surface area contributed by atoms with Crippen LogP contribution in [0.15, 0.2) is 59.1 Å². The van der Waals surface area contributed by atoms with Crippen molar-refractivity contribution in [2.24, 2.45) is 17.8 Å². The normalized spacial score (nSPS) is 24.1. The quantitative estimate of drug-likeness (QED) is 0.260. The van der Waals surface area contributed by atoms with Crippen LogP contribution in [-0.2, 0) is 19.2 Å². The molecule has 0 N–H and O–H groups in total. The number of amides is 3. The van der Waals surface area contributed by atoms with Crippen molar-refractivity contribution in [2.45, 2.75) is 26.2 Å². The molecule has 2 saturated heterocycles. The molecule has 0 spiro atoms. The number of ether oxygens (including phenoxy) is 1. The topological polar surface area (TPSA) is 84.0 Å². The Labute approximate surface area is 205 Å². The highest BCUT2D eigenvalue weighted by Gasteiger charge is 2.48. The van der Waals surface area contributed by atoms with Gasteiger partial charge in [0.15, 0.2) is 0 Å². The highest BCUT2D eigenvalue weighted by Crippen LogP contribution is 2.39. The molecule has 0 aromatic heterocycles. The number of hydrogen-bond donors (Lipinski definition) is 0. The minimum Gasteiger partial charge on any atom is -0.426 e. The van der Waals surface area contributed by atoms with Crippen molar-refractivity contribution < 1.29 is 23.9 Å². The van der Waals surface area contributed by atoms with Gasteiger partial charge in [0.05, 0.1) is 23.4 Å². The van der Waals surface area contributed by atoms with Crippen molar-refractivity contribution in [2.75, 3.05) is 16.3 Å². The van der Waals surface area contributed by atoms with E-state index >= 15 is 0 Å². The van der Waals surface area contributed by atoms with Crippen molar-refractivity contribution in [1.82, 2.24) is 0 Å². The molecule has 0 bridgehead atoms. The number of nitrogens with zero attached hydrogens (tertiary/aromatic N) is 2. The average molecular weight is 523 g/mol. The van der Waals surface area contributed by atoms with E-state index in [2.05, 4.69) is 15.9 Å². The molecular formula is C26H23BrN2O5. The van der Waals surface area contributed by atoms with Crippen molar-refractivity contribution in [3.8, 4) is 5.75 Å². The molecule has 3 atom stereocenters. The van der Waals surface area contributed by atoms with Gasteiger partial charge in [0.25, 0.3) is 0 Å². The second kappa shape index (κ2) is 8.83. The standard InChI is InChI=1S/C26H23BrN2O5/c1-15-12-19(10-11-22(15)29-24(31)20-4-2-3-5-21(20)25(29)32)34-26(33)16-13-23(30)28(14-16)18-8-6-17(27)7-9-18/h2-3,6-12,16,20-21H,4-5,13-14H2,1H3/t16-,20-,21+/m1/s1. The van der Waals surface area contributed by atoms with Gasteiger partial charge in [0.2, 0.25) is 17.7 Å². The maximum Gasteiger partial charge on any atom is 0.316 e. The summed E-state index contributed by atoms with van der Waals surface area (Å²) in [6.07, 6.45) is 5.16. The third kappa shape index (κ3) is 3.96. The molecule has 3 aliphatic rings. The van der Waals surface area contributed by atoms with Gasteiger partial charge in [-0.1, -0.05) is 28.1 Å². The summed E-state index contributed by atoms with van der Waals surface area (Å²) in [5, 5.41) is 0. The number of carbonyl (C=O) groups excluding carboxylic acids is 4. The molecule has 34 heavy (non-hydrogen) atoms. The van der Waals surface area contributed by atoms with Gasteiger partial charge < -0.3 is 9.64 Å². The molecule has 174 valence electrons. The van der Waals surface area contributed by atoms with E-state index in [1.165, 1.54) is 4.90 Å². The Morgan fingerprint density at radius 2 is 1.62 bits per heavy atom. The van der Waals surface area contributed by atoms with Crippen molar-refractivity contribution in [3.63, 3.8) is 0 Å². The molecule has 5 rings (SSSR count). The fourth-order valence-corrected chi connectivity index (χ4v) is 5.18. The number of fused-ring (bicyclic) bond motifs is 1. The van der Waals surface area contributed by atoms with Gasteiger partial charge in [-0.3, -0.25) is 19.2 Å². The summed E-state index contributed by atoms with van der Waals surface area (Å²) in [4.78, 5) is 53.9. The van der Waals surface area contributed by atoms with E-state index in [1.807, 2.05) is 36.4 Å². The van der Waals surface area contributed by atoms with Crippen molar-refractivity contribution in [1.29, 1.82) is 0 Å². The lowest BCUT2D eigenvalue weighted by atomic mass is 9.85. The highest BCUT2D eigenvalue weighted by molar-refractivity contribution is 9.10. The summed E-state index contributed by atoms with van der Waals surface area (Å²) in [7, 11) is 0. The lowest BCUT2D eigenvalue weighted by Gasteiger charge is -2.19. The third-order valence-corrected chi connectivity index (χ3v) is 7.26. The Balaban J connectivity index is 1.28. The Bertz CT molecular complexity index is 1200. The van der Waals surface area contributed by atoms with E-state index in [-0.39, 0.29) is 42.5 Å². The van der Waals surface area contributed by atoms with Gasteiger partial charge in [-0.05, 0) is 67.8 Å². The summed E-state index contributed by atoms with van der Waals surface area (Å²) in [5.41, 5.74) is 1.92. The number of hydrogen-bond acceptors (Lipinski definition) is 5. The van der Waals surface area contributed by atoms with Gasteiger partial charge in [-0.15, -0.1) is 0 Å². The summed E-state index contributed by atoms with van der Waals surface area (Å²) >= 11 is 3.38. The van der Waals surface area contributed by atoms with E-state index < -0.39 is 11.9 Å². The molecule has 0 unspecified atom stereocenters.